The minimum atomic E-state index is 0.547. The quantitative estimate of drug-likeness (QED) is 0.741. The summed E-state index contributed by atoms with van der Waals surface area (Å²) in [6, 6.07) is 15.2. The van der Waals surface area contributed by atoms with Gasteiger partial charge in [-0.25, -0.2) is 0 Å². The molecule has 1 fully saturated rings. The van der Waals surface area contributed by atoms with Crippen molar-refractivity contribution in [1.82, 2.24) is 0 Å². The molecule has 2 aromatic carbocycles. The molecule has 0 spiro atoms. The van der Waals surface area contributed by atoms with Crippen LogP contribution in [-0.4, -0.2) is 6.04 Å². The Hall–Kier alpha value is -0.990. The Morgan fingerprint density at radius 1 is 1.15 bits per heavy atom. The molecule has 1 N–H and O–H groups in total. The average Bonchev–Trinajstić information content (AvgIpc) is 2.39. The summed E-state index contributed by atoms with van der Waals surface area (Å²) >= 11 is 9.83. The number of benzene rings is 2. The molecule has 0 amide bonds. The normalized spacial score (nSPS) is 21.4. The van der Waals surface area contributed by atoms with E-state index in [-0.39, 0.29) is 0 Å². The van der Waals surface area contributed by atoms with Crippen LogP contribution in [0.3, 0.4) is 0 Å². The number of halogens is 2. The second-order valence-corrected chi connectivity index (χ2v) is 6.76. The van der Waals surface area contributed by atoms with E-state index >= 15 is 0 Å². The second-order valence-electron chi connectivity index (χ2n) is 5.50. The summed E-state index contributed by atoms with van der Waals surface area (Å²) in [7, 11) is 0. The van der Waals surface area contributed by atoms with Crippen molar-refractivity contribution in [2.75, 3.05) is 5.32 Å². The molecule has 3 rings (SSSR count). The molecular formula is C17H17BrClN. The Morgan fingerprint density at radius 2 is 1.90 bits per heavy atom. The molecule has 2 aromatic rings. The average molecular weight is 351 g/mol. The van der Waals surface area contributed by atoms with Crippen LogP contribution < -0.4 is 5.32 Å². The molecule has 1 nitrogen and oxygen atoms in total. The van der Waals surface area contributed by atoms with E-state index < -0.39 is 0 Å². The number of nitrogens with one attached hydrogen (secondary N) is 1. The molecule has 1 saturated carbocycles. The van der Waals surface area contributed by atoms with E-state index in [1.165, 1.54) is 16.8 Å². The first-order chi connectivity index (χ1) is 9.63. The van der Waals surface area contributed by atoms with Gasteiger partial charge in [0.25, 0.3) is 0 Å². The fourth-order valence-electron chi connectivity index (χ4n) is 2.71. The smallest absolute Gasteiger partial charge is 0.0440 e. The highest BCUT2D eigenvalue weighted by Crippen LogP contribution is 2.41. The predicted molar refractivity (Wildman–Crippen MR) is 89.7 cm³/mol. The molecular weight excluding hydrogens is 334 g/mol. The van der Waals surface area contributed by atoms with E-state index in [0.29, 0.717) is 12.0 Å². The molecule has 0 radical (unpaired) electrons. The van der Waals surface area contributed by atoms with Crippen LogP contribution in [-0.2, 0) is 0 Å². The zero-order valence-electron chi connectivity index (χ0n) is 11.4. The Kier molecular flexibility index (Phi) is 4.04. The molecule has 0 atom stereocenters. The van der Waals surface area contributed by atoms with Gasteiger partial charge in [-0.15, -0.1) is 0 Å². The Balaban J connectivity index is 1.61. The molecule has 20 heavy (non-hydrogen) atoms. The van der Waals surface area contributed by atoms with Crippen LogP contribution in [0.2, 0.25) is 5.02 Å². The topological polar surface area (TPSA) is 12.0 Å². The van der Waals surface area contributed by atoms with Crippen molar-refractivity contribution in [2.45, 2.75) is 31.7 Å². The highest BCUT2D eigenvalue weighted by Gasteiger charge is 2.31. The van der Waals surface area contributed by atoms with Gasteiger partial charge in [-0.2, -0.15) is 0 Å². The Morgan fingerprint density at radius 3 is 2.60 bits per heavy atom. The number of hydrogen-bond donors (Lipinski definition) is 1. The molecule has 3 heteroatoms. The van der Waals surface area contributed by atoms with Crippen LogP contribution >= 0.6 is 27.5 Å². The zero-order valence-corrected chi connectivity index (χ0v) is 13.7. The van der Waals surface area contributed by atoms with Gasteiger partial charge in [-0.3, -0.25) is 0 Å². The standard InChI is InChI=1S/C17H17BrClN/c1-11-6-7-13(10-16(11)18)20-14-8-12(9-14)15-4-2-3-5-17(15)19/h2-7,10,12,14,20H,8-9H2,1H3. The lowest BCUT2D eigenvalue weighted by atomic mass is 9.76. The van der Waals surface area contributed by atoms with E-state index in [2.05, 4.69) is 58.5 Å². The summed E-state index contributed by atoms with van der Waals surface area (Å²) < 4.78 is 1.16. The van der Waals surface area contributed by atoms with Gasteiger partial charge in [0.05, 0.1) is 0 Å². The van der Waals surface area contributed by atoms with Gasteiger partial charge < -0.3 is 5.32 Å². The first-order valence-corrected chi connectivity index (χ1v) is 8.07. The van der Waals surface area contributed by atoms with Crippen molar-refractivity contribution in [3.63, 3.8) is 0 Å². The van der Waals surface area contributed by atoms with E-state index in [0.717, 1.165) is 22.3 Å². The maximum absolute atomic E-state index is 6.25. The van der Waals surface area contributed by atoms with Crippen LogP contribution in [0.15, 0.2) is 46.9 Å². The van der Waals surface area contributed by atoms with E-state index in [1.807, 2.05) is 12.1 Å². The number of hydrogen-bond acceptors (Lipinski definition) is 1. The van der Waals surface area contributed by atoms with Gasteiger partial charge >= 0.3 is 0 Å². The van der Waals surface area contributed by atoms with Gasteiger partial charge in [0.15, 0.2) is 0 Å². The lowest BCUT2D eigenvalue weighted by Gasteiger charge is -2.37. The summed E-state index contributed by atoms with van der Waals surface area (Å²) in [6.45, 7) is 2.10. The summed E-state index contributed by atoms with van der Waals surface area (Å²) in [5.74, 6) is 0.593. The van der Waals surface area contributed by atoms with Crippen molar-refractivity contribution in [2.24, 2.45) is 0 Å². The van der Waals surface area contributed by atoms with Gasteiger partial charge in [0.2, 0.25) is 0 Å². The lowest BCUT2D eigenvalue weighted by Crippen LogP contribution is -2.34. The summed E-state index contributed by atoms with van der Waals surface area (Å²) in [5, 5.41) is 4.49. The third-order valence-electron chi connectivity index (χ3n) is 4.03. The predicted octanol–water partition coefficient (Wildman–Crippen LogP) is 5.77. The van der Waals surface area contributed by atoms with Gasteiger partial charge in [0.1, 0.15) is 0 Å². The van der Waals surface area contributed by atoms with Crippen LogP contribution in [0, 0.1) is 6.92 Å². The Labute approximate surface area is 133 Å². The molecule has 104 valence electrons. The van der Waals surface area contributed by atoms with Crippen LogP contribution in [0.25, 0.3) is 0 Å². The molecule has 1 aliphatic rings. The van der Waals surface area contributed by atoms with Gasteiger partial charge in [-0.1, -0.05) is 51.8 Å². The third kappa shape index (κ3) is 2.87. The SMILES string of the molecule is Cc1ccc(NC2CC(c3ccccc3Cl)C2)cc1Br. The number of anilines is 1. The maximum atomic E-state index is 6.25. The summed E-state index contributed by atoms with van der Waals surface area (Å²) in [6.07, 6.45) is 2.30. The monoisotopic (exact) mass is 349 g/mol. The van der Waals surface area contributed by atoms with Crippen molar-refractivity contribution >= 4 is 33.2 Å². The van der Waals surface area contributed by atoms with Crippen molar-refractivity contribution < 1.29 is 0 Å². The summed E-state index contributed by atoms with van der Waals surface area (Å²) in [4.78, 5) is 0. The van der Waals surface area contributed by atoms with E-state index in [1.54, 1.807) is 0 Å². The molecule has 0 aliphatic heterocycles. The molecule has 0 unspecified atom stereocenters. The fourth-order valence-corrected chi connectivity index (χ4v) is 3.38. The van der Waals surface area contributed by atoms with Crippen molar-refractivity contribution in [3.8, 4) is 0 Å². The van der Waals surface area contributed by atoms with Crippen molar-refractivity contribution in [3.05, 3.63) is 63.1 Å². The maximum Gasteiger partial charge on any atom is 0.0440 e. The second kappa shape index (κ2) is 5.79. The fraction of sp³-hybridized carbons (Fsp3) is 0.294. The van der Waals surface area contributed by atoms with Crippen molar-refractivity contribution in [1.29, 1.82) is 0 Å². The molecule has 0 aromatic heterocycles. The first-order valence-electron chi connectivity index (χ1n) is 6.90. The number of rotatable bonds is 3. The highest BCUT2D eigenvalue weighted by atomic mass is 79.9. The lowest BCUT2D eigenvalue weighted by molar-refractivity contribution is 0.374. The molecule has 0 saturated heterocycles. The summed E-state index contributed by atoms with van der Waals surface area (Å²) in [5.41, 5.74) is 3.74. The molecule has 0 heterocycles. The van der Waals surface area contributed by atoms with Crippen LogP contribution in [0.4, 0.5) is 5.69 Å². The minimum absolute atomic E-state index is 0.547. The van der Waals surface area contributed by atoms with Gasteiger partial charge in [-0.05, 0) is 55.0 Å². The highest BCUT2D eigenvalue weighted by molar-refractivity contribution is 9.10. The van der Waals surface area contributed by atoms with Crippen LogP contribution in [0.1, 0.15) is 29.9 Å². The first kappa shape index (κ1) is 14.0. The Bertz CT molecular complexity index is 620. The number of aryl methyl sites for hydroxylation is 1. The largest absolute Gasteiger partial charge is 0.382 e. The van der Waals surface area contributed by atoms with Crippen LogP contribution in [0.5, 0.6) is 0 Å². The molecule has 0 bridgehead atoms. The molecule has 1 aliphatic carbocycles. The van der Waals surface area contributed by atoms with E-state index in [9.17, 15) is 0 Å². The zero-order chi connectivity index (χ0) is 14.1. The van der Waals surface area contributed by atoms with Gasteiger partial charge in [0, 0.05) is 21.2 Å². The third-order valence-corrected chi connectivity index (χ3v) is 5.22. The van der Waals surface area contributed by atoms with E-state index in [4.69, 9.17) is 11.6 Å². The minimum Gasteiger partial charge on any atom is -0.382 e.